The van der Waals surface area contributed by atoms with Crippen LogP contribution in [-0.4, -0.2) is 49.6 Å². The van der Waals surface area contributed by atoms with Crippen molar-refractivity contribution in [2.45, 2.75) is 30.6 Å². The number of carboxylic acid groups (broad SMARTS) is 1. The lowest BCUT2D eigenvalue weighted by molar-refractivity contribution is 0.0655. The number of ether oxygens (including phenoxy) is 1. The van der Waals surface area contributed by atoms with Gasteiger partial charge in [0.1, 0.15) is 0 Å². The van der Waals surface area contributed by atoms with Gasteiger partial charge in [-0.2, -0.15) is 4.31 Å². The van der Waals surface area contributed by atoms with Gasteiger partial charge in [0.15, 0.2) is 0 Å². The van der Waals surface area contributed by atoms with Crippen molar-refractivity contribution in [1.82, 2.24) is 4.31 Å². The lowest BCUT2D eigenvalue weighted by Gasteiger charge is -2.24. The third-order valence-corrected chi connectivity index (χ3v) is 4.99. The Labute approximate surface area is 110 Å². The molecule has 2 heterocycles. The van der Waals surface area contributed by atoms with Crippen LogP contribution in [0, 0.1) is 0 Å². The zero-order chi connectivity index (χ0) is 14.2. The highest BCUT2D eigenvalue weighted by Crippen LogP contribution is 2.25. The van der Waals surface area contributed by atoms with Gasteiger partial charge in [-0.05, 0) is 25.5 Å². The van der Waals surface area contributed by atoms with Gasteiger partial charge in [0, 0.05) is 13.7 Å². The molecule has 1 aliphatic rings. The van der Waals surface area contributed by atoms with E-state index in [1.54, 1.807) is 6.92 Å². The van der Waals surface area contributed by atoms with E-state index < -0.39 is 21.8 Å². The molecule has 8 heteroatoms. The molecular weight excluding hydrogens is 274 g/mol. The highest BCUT2D eigenvalue weighted by Gasteiger charge is 2.37. The van der Waals surface area contributed by atoms with Crippen LogP contribution in [-0.2, 0) is 14.8 Å². The first kappa shape index (κ1) is 14.0. The van der Waals surface area contributed by atoms with Gasteiger partial charge in [0.25, 0.3) is 10.0 Å². The van der Waals surface area contributed by atoms with Crippen LogP contribution >= 0.6 is 0 Å². The van der Waals surface area contributed by atoms with E-state index in [1.807, 2.05) is 0 Å². The molecular formula is C11H15NO6S. The van der Waals surface area contributed by atoms with Crippen LogP contribution in [0.15, 0.2) is 21.6 Å². The van der Waals surface area contributed by atoms with E-state index >= 15 is 0 Å². The van der Waals surface area contributed by atoms with E-state index in [9.17, 15) is 13.2 Å². The van der Waals surface area contributed by atoms with E-state index in [1.165, 1.54) is 11.4 Å². The van der Waals surface area contributed by atoms with Gasteiger partial charge in [-0.3, -0.25) is 0 Å². The second-order valence-electron chi connectivity index (χ2n) is 4.38. The maximum atomic E-state index is 12.3. The average Bonchev–Trinajstić information content (AvgIpc) is 2.96. The van der Waals surface area contributed by atoms with E-state index in [-0.39, 0.29) is 17.2 Å². The molecule has 2 unspecified atom stereocenters. The fourth-order valence-electron chi connectivity index (χ4n) is 2.09. The first-order valence-electron chi connectivity index (χ1n) is 5.77. The molecule has 0 radical (unpaired) electrons. The van der Waals surface area contributed by atoms with Gasteiger partial charge in [0.2, 0.25) is 10.9 Å². The molecule has 0 saturated carbocycles. The lowest BCUT2D eigenvalue weighted by atomic mass is 10.2. The number of sulfonamides is 1. The fourth-order valence-corrected chi connectivity index (χ4v) is 3.44. The summed E-state index contributed by atoms with van der Waals surface area (Å²) in [4.78, 5) is 10.7. The summed E-state index contributed by atoms with van der Waals surface area (Å²) in [6.07, 6.45) is 0.400. The highest BCUT2D eigenvalue weighted by atomic mass is 32.2. The Kier molecular flexibility index (Phi) is 3.66. The Balaban J connectivity index is 2.28. The molecule has 2 rings (SSSR count). The van der Waals surface area contributed by atoms with Crippen molar-refractivity contribution in [2.24, 2.45) is 0 Å². The standard InChI is InChI=1S/C11H15NO6S/c1-7-8(5-6-17-7)12(2)19(15,16)10-4-3-9(18-10)11(13)14/h3-4,7-8H,5-6H2,1-2H3,(H,13,14). The minimum atomic E-state index is -3.84. The molecule has 106 valence electrons. The summed E-state index contributed by atoms with van der Waals surface area (Å²) in [6.45, 7) is 2.30. The molecule has 0 aromatic carbocycles. The van der Waals surface area contributed by atoms with Crippen LogP contribution in [0.3, 0.4) is 0 Å². The van der Waals surface area contributed by atoms with Gasteiger partial charge < -0.3 is 14.3 Å². The normalized spacial score (nSPS) is 23.9. The molecule has 1 saturated heterocycles. The molecule has 7 nitrogen and oxygen atoms in total. The maximum Gasteiger partial charge on any atom is 0.371 e. The molecule has 0 amide bonds. The summed E-state index contributed by atoms with van der Waals surface area (Å²) in [5, 5.41) is 8.36. The Morgan fingerprint density at radius 1 is 1.47 bits per heavy atom. The predicted molar refractivity (Wildman–Crippen MR) is 64.4 cm³/mol. The number of hydrogen-bond acceptors (Lipinski definition) is 5. The van der Waals surface area contributed by atoms with E-state index in [0.717, 1.165) is 12.1 Å². The van der Waals surface area contributed by atoms with Crippen molar-refractivity contribution in [3.63, 3.8) is 0 Å². The number of furan rings is 1. The molecule has 1 aromatic heterocycles. The predicted octanol–water partition coefficient (Wildman–Crippen LogP) is 0.776. The molecule has 2 atom stereocenters. The van der Waals surface area contributed by atoms with E-state index in [2.05, 4.69) is 0 Å². The van der Waals surface area contributed by atoms with E-state index in [4.69, 9.17) is 14.3 Å². The summed E-state index contributed by atoms with van der Waals surface area (Å²) in [6, 6.07) is 2.00. The van der Waals surface area contributed by atoms with Crippen molar-refractivity contribution in [3.05, 3.63) is 17.9 Å². The number of nitrogens with zero attached hydrogens (tertiary/aromatic N) is 1. The first-order valence-corrected chi connectivity index (χ1v) is 7.21. The Morgan fingerprint density at radius 3 is 2.63 bits per heavy atom. The summed E-state index contributed by atoms with van der Waals surface area (Å²) < 4.78 is 35.9. The third kappa shape index (κ3) is 2.51. The lowest BCUT2D eigenvalue weighted by Crippen LogP contribution is -2.40. The monoisotopic (exact) mass is 289 g/mol. The zero-order valence-corrected chi connectivity index (χ0v) is 11.4. The van der Waals surface area contributed by atoms with Gasteiger partial charge in [-0.25, -0.2) is 13.2 Å². The van der Waals surface area contributed by atoms with Gasteiger partial charge in [0.05, 0.1) is 12.1 Å². The number of hydrogen-bond donors (Lipinski definition) is 1. The molecule has 0 spiro atoms. The van der Waals surface area contributed by atoms with Crippen molar-refractivity contribution in [3.8, 4) is 0 Å². The Hall–Kier alpha value is -1.38. The first-order chi connectivity index (χ1) is 8.84. The Bertz CT molecular complexity index is 578. The number of likely N-dealkylation sites (N-methyl/N-ethyl adjacent to an activating group) is 1. The molecule has 1 fully saturated rings. The second kappa shape index (κ2) is 4.95. The van der Waals surface area contributed by atoms with Crippen LogP contribution in [0.2, 0.25) is 0 Å². The van der Waals surface area contributed by atoms with E-state index in [0.29, 0.717) is 13.0 Å². The number of carboxylic acids is 1. The number of carbonyl (C=O) groups is 1. The number of aromatic carboxylic acids is 1. The second-order valence-corrected chi connectivity index (χ2v) is 6.31. The van der Waals surface area contributed by atoms with Crippen LogP contribution < -0.4 is 0 Å². The van der Waals surface area contributed by atoms with Crippen molar-refractivity contribution in [1.29, 1.82) is 0 Å². The summed E-state index contributed by atoms with van der Waals surface area (Å²) in [7, 11) is -2.41. The smallest absolute Gasteiger partial charge is 0.371 e. The van der Waals surface area contributed by atoms with Crippen molar-refractivity contribution in [2.75, 3.05) is 13.7 Å². The van der Waals surface area contributed by atoms with Crippen molar-refractivity contribution >= 4 is 16.0 Å². The SMILES string of the molecule is CC1OCCC1N(C)S(=O)(=O)c1ccc(C(=O)O)o1. The van der Waals surface area contributed by atoms with Crippen molar-refractivity contribution < 1.29 is 27.5 Å². The minimum absolute atomic E-state index is 0.200. The molecule has 1 aromatic rings. The molecule has 0 aliphatic carbocycles. The summed E-state index contributed by atoms with van der Waals surface area (Å²) in [5.41, 5.74) is 0. The van der Waals surface area contributed by atoms with Crippen LogP contribution in [0.5, 0.6) is 0 Å². The summed E-state index contributed by atoms with van der Waals surface area (Å²) in [5.74, 6) is -1.70. The maximum absolute atomic E-state index is 12.3. The Morgan fingerprint density at radius 2 is 2.16 bits per heavy atom. The molecule has 0 bridgehead atoms. The minimum Gasteiger partial charge on any atom is -0.475 e. The zero-order valence-electron chi connectivity index (χ0n) is 10.6. The molecule has 1 N–H and O–H groups in total. The quantitative estimate of drug-likeness (QED) is 0.879. The van der Waals surface area contributed by atoms with Crippen LogP contribution in [0.1, 0.15) is 23.9 Å². The van der Waals surface area contributed by atoms with Gasteiger partial charge in [-0.1, -0.05) is 0 Å². The average molecular weight is 289 g/mol. The van der Waals surface area contributed by atoms with Crippen LogP contribution in [0.4, 0.5) is 0 Å². The molecule has 19 heavy (non-hydrogen) atoms. The van der Waals surface area contributed by atoms with Crippen LogP contribution in [0.25, 0.3) is 0 Å². The highest BCUT2D eigenvalue weighted by molar-refractivity contribution is 7.89. The third-order valence-electron chi connectivity index (χ3n) is 3.23. The largest absolute Gasteiger partial charge is 0.475 e. The number of rotatable bonds is 4. The van der Waals surface area contributed by atoms with Gasteiger partial charge in [-0.15, -0.1) is 0 Å². The summed E-state index contributed by atoms with van der Waals surface area (Å²) >= 11 is 0. The molecule has 1 aliphatic heterocycles. The fraction of sp³-hybridized carbons (Fsp3) is 0.545. The van der Waals surface area contributed by atoms with Gasteiger partial charge >= 0.3 is 5.97 Å². The topological polar surface area (TPSA) is 97.0 Å².